The number of aliphatic hydroxyl groups excluding tert-OH is 2. The second kappa shape index (κ2) is 12.1. The topological polar surface area (TPSA) is 93.5 Å². The van der Waals surface area contributed by atoms with Crippen molar-refractivity contribution in [3.63, 3.8) is 0 Å². The number of carbonyl (C=O) groups is 1. The van der Waals surface area contributed by atoms with E-state index < -0.39 is 36.3 Å². The number of pyridine rings is 1. The number of halogens is 3. The maximum Gasteiger partial charge on any atom is 1.00 e. The maximum absolute atomic E-state index is 13.1. The minimum atomic E-state index is -4.46. The van der Waals surface area contributed by atoms with Gasteiger partial charge in [0.05, 0.1) is 29.0 Å². The van der Waals surface area contributed by atoms with Crippen LogP contribution in [0, 0.1) is 0 Å². The Labute approximate surface area is 223 Å². The predicted molar refractivity (Wildman–Crippen MR) is 122 cm³/mol. The number of carbonyl (C=O) groups excluding carboxylic acids is 1. The zero-order valence-electron chi connectivity index (χ0n) is 19.7. The fraction of sp³-hybridized carbons (Fsp3) is 0.308. The quantitative estimate of drug-likeness (QED) is 0.460. The number of carboxylic acid groups (broad SMARTS) is 1. The molecule has 1 aromatic heterocycles. The number of fused-ring (bicyclic) bond motifs is 1. The molecular weight excluding hydrogens is 470 g/mol. The van der Waals surface area contributed by atoms with Crippen LogP contribution in [0.1, 0.15) is 49.4 Å². The normalized spacial score (nSPS) is 13.7. The smallest absolute Gasteiger partial charge is 0.550 e. The number of nitrogens with zero attached hydrogens (tertiary/aromatic N) is 1. The van der Waals surface area contributed by atoms with E-state index in [1.807, 2.05) is 38.1 Å². The van der Waals surface area contributed by atoms with E-state index in [4.69, 9.17) is 4.98 Å². The van der Waals surface area contributed by atoms with Gasteiger partial charge in [-0.2, -0.15) is 13.2 Å². The average molecular weight is 495 g/mol. The van der Waals surface area contributed by atoms with Gasteiger partial charge in [-0.15, -0.1) is 0 Å². The van der Waals surface area contributed by atoms with E-state index in [0.717, 1.165) is 17.5 Å². The molecule has 1 heterocycles. The number of rotatable bonds is 8. The first-order chi connectivity index (χ1) is 16.0. The van der Waals surface area contributed by atoms with Crippen LogP contribution in [0.25, 0.3) is 28.1 Å². The van der Waals surface area contributed by atoms with Crippen LogP contribution < -0.4 is 34.7 Å². The molecule has 0 saturated carbocycles. The summed E-state index contributed by atoms with van der Waals surface area (Å²) in [5.41, 5.74) is 2.46. The predicted octanol–water partition coefficient (Wildman–Crippen LogP) is 1.31. The van der Waals surface area contributed by atoms with Crippen molar-refractivity contribution in [1.82, 2.24) is 4.98 Å². The van der Waals surface area contributed by atoms with Crippen molar-refractivity contribution in [1.29, 1.82) is 0 Å². The molecule has 9 heteroatoms. The van der Waals surface area contributed by atoms with E-state index in [2.05, 4.69) is 0 Å². The minimum Gasteiger partial charge on any atom is -0.550 e. The molecule has 0 aliphatic carbocycles. The molecule has 3 rings (SSSR count). The molecule has 0 radical (unpaired) electrons. The number of aliphatic carboxylic acids is 1. The van der Waals surface area contributed by atoms with E-state index in [9.17, 15) is 33.3 Å². The standard InChI is InChI=1S/C26H26F3NO4.Na/c1-15(2)25-21(12-11-18(31)13-19(32)14-23(33)34)24(20-5-3-4-6-22(20)30-25)16-7-9-17(10-8-16)26(27,28)29;/h3-12,15,18-19,31-32H,13-14H2,1-2H3,(H,33,34);/q;+1/p-1/b12-11+;. The number of benzene rings is 2. The van der Waals surface area contributed by atoms with Gasteiger partial charge < -0.3 is 20.1 Å². The Morgan fingerprint density at radius 3 is 2.29 bits per heavy atom. The molecule has 2 atom stereocenters. The summed E-state index contributed by atoms with van der Waals surface area (Å²) in [6.45, 7) is 3.87. The third-order valence-electron chi connectivity index (χ3n) is 5.41. The Kier molecular flexibility index (Phi) is 10.1. The van der Waals surface area contributed by atoms with Crippen LogP contribution in [0.3, 0.4) is 0 Å². The van der Waals surface area contributed by atoms with Gasteiger partial charge in [0.25, 0.3) is 0 Å². The Morgan fingerprint density at radius 1 is 1.09 bits per heavy atom. The second-order valence-corrected chi connectivity index (χ2v) is 8.42. The first-order valence-electron chi connectivity index (χ1n) is 10.8. The number of carboxylic acids is 1. The molecule has 0 aliphatic rings. The van der Waals surface area contributed by atoms with Crippen LogP contribution in [-0.2, 0) is 11.0 Å². The molecule has 2 unspecified atom stereocenters. The van der Waals surface area contributed by atoms with Crippen molar-refractivity contribution in [2.75, 3.05) is 0 Å². The van der Waals surface area contributed by atoms with Crippen LogP contribution in [0.2, 0.25) is 0 Å². The van der Waals surface area contributed by atoms with Crippen LogP contribution in [0.5, 0.6) is 0 Å². The largest absolute Gasteiger partial charge is 1.00 e. The van der Waals surface area contributed by atoms with E-state index in [1.54, 1.807) is 6.08 Å². The molecule has 0 spiro atoms. The third-order valence-corrected chi connectivity index (χ3v) is 5.41. The van der Waals surface area contributed by atoms with Gasteiger partial charge in [-0.05, 0) is 29.7 Å². The third kappa shape index (κ3) is 7.38. The molecule has 180 valence electrons. The summed E-state index contributed by atoms with van der Waals surface area (Å²) in [6.07, 6.45) is -4.66. The molecule has 0 amide bonds. The van der Waals surface area contributed by atoms with Gasteiger partial charge in [-0.25, -0.2) is 0 Å². The van der Waals surface area contributed by atoms with E-state index in [-0.39, 0.29) is 41.9 Å². The molecule has 2 N–H and O–H groups in total. The minimum absolute atomic E-state index is 0. The van der Waals surface area contributed by atoms with Crippen LogP contribution in [-0.4, -0.2) is 33.4 Å². The van der Waals surface area contributed by atoms with Crippen LogP contribution >= 0.6 is 0 Å². The monoisotopic (exact) mass is 495 g/mol. The Bertz CT molecular complexity index is 1190. The van der Waals surface area contributed by atoms with Gasteiger partial charge in [0.15, 0.2) is 0 Å². The first kappa shape index (κ1) is 29.0. The van der Waals surface area contributed by atoms with Gasteiger partial charge in [0, 0.05) is 35.3 Å². The van der Waals surface area contributed by atoms with E-state index in [1.165, 1.54) is 18.2 Å². The van der Waals surface area contributed by atoms with Gasteiger partial charge >= 0.3 is 35.7 Å². The number of aromatic nitrogens is 1. The molecular formula is C26H25F3NNaO4. The van der Waals surface area contributed by atoms with Gasteiger partial charge in [-0.1, -0.05) is 56.3 Å². The maximum atomic E-state index is 13.1. The van der Waals surface area contributed by atoms with Gasteiger partial charge in [0.1, 0.15) is 0 Å². The Balaban J connectivity index is 0.00000432. The molecule has 0 saturated heterocycles. The van der Waals surface area contributed by atoms with Crippen molar-refractivity contribution in [3.05, 3.63) is 71.4 Å². The van der Waals surface area contributed by atoms with E-state index in [0.29, 0.717) is 27.9 Å². The number of para-hydroxylation sites is 1. The first-order valence-corrected chi connectivity index (χ1v) is 10.8. The number of aliphatic hydroxyl groups is 2. The Hall–Kier alpha value is -2.23. The summed E-state index contributed by atoms with van der Waals surface area (Å²) in [5, 5.41) is 31.5. The molecule has 5 nitrogen and oxygen atoms in total. The molecule has 35 heavy (non-hydrogen) atoms. The van der Waals surface area contributed by atoms with Gasteiger partial charge in [-0.3, -0.25) is 4.98 Å². The fourth-order valence-electron chi connectivity index (χ4n) is 3.83. The summed E-state index contributed by atoms with van der Waals surface area (Å²) in [6, 6.07) is 12.2. The van der Waals surface area contributed by atoms with Crippen molar-refractivity contribution >= 4 is 22.9 Å². The summed E-state index contributed by atoms with van der Waals surface area (Å²) in [5.74, 6) is -1.47. The van der Waals surface area contributed by atoms with Gasteiger partial charge in [0.2, 0.25) is 0 Å². The molecule has 3 aromatic rings. The van der Waals surface area contributed by atoms with Crippen molar-refractivity contribution < 1.29 is 62.8 Å². The van der Waals surface area contributed by atoms with Crippen molar-refractivity contribution in [2.24, 2.45) is 0 Å². The number of hydrogen-bond acceptors (Lipinski definition) is 5. The summed E-state index contributed by atoms with van der Waals surface area (Å²) in [4.78, 5) is 15.4. The zero-order valence-corrected chi connectivity index (χ0v) is 21.7. The zero-order chi connectivity index (χ0) is 25.0. The van der Waals surface area contributed by atoms with Crippen LogP contribution in [0.4, 0.5) is 13.2 Å². The molecule has 2 aromatic carbocycles. The summed E-state index contributed by atoms with van der Waals surface area (Å²) >= 11 is 0. The van der Waals surface area contributed by atoms with Crippen LogP contribution in [0.15, 0.2) is 54.6 Å². The second-order valence-electron chi connectivity index (χ2n) is 8.42. The number of alkyl halides is 3. The summed E-state index contributed by atoms with van der Waals surface area (Å²) < 4.78 is 39.3. The SMILES string of the molecule is CC(C)c1nc2ccccc2c(-c2ccc(C(F)(F)F)cc2)c1/C=C/C(O)CC(O)CC(=O)[O-].[Na+]. The molecule has 0 aliphatic heterocycles. The van der Waals surface area contributed by atoms with E-state index >= 15 is 0 Å². The fourth-order valence-corrected chi connectivity index (χ4v) is 3.83. The number of hydrogen-bond donors (Lipinski definition) is 2. The Morgan fingerprint density at radius 2 is 1.71 bits per heavy atom. The average Bonchev–Trinajstić information content (AvgIpc) is 2.75. The molecule has 0 fully saturated rings. The molecule has 0 bridgehead atoms. The summed E-state index contributed by atoms with van der Waals surface area (Å²) in [7, 11) is 0. The van der Waals surface area contributed by atoms with Crippen molar-refractivity contribution in [3.8, 4) is 11.1 Å². The van der Waals surface area contributed by atoms with Crippen molar-refractivity contribution in [2.45, 2.75) is 51.0 Å².